The molecule has 32 heavy (non-hydrogen) atoms. The van der Waals surface area contributed by atoms with Crippen LogP contribution in [0.3, 0.4) is 0 Å². The fourth-order valence-electron chi connectivity index (χ4n) is 3.09. The molecule has 0 aliphatic heterocycles. The standard InChI is InChI=1S/C23H21Cl2FN2O3S/c1-32(30,31)28(22-20(24)3-2-4-21(22)25)15-17-5-9-18(10-6-17)23(29)27-14-13-16-7-11-19(26)12-8-16/h2-12H,13-15H2,1H3,(H,27,29). The second-order valence-electron chi connectivity index (χ2n) is 7.17. The summed E-state index contributed by atoms with van der Waals surface area (Å²) in [6.45, 7) is 0.411. The molecule has 9 heteroatoms. The number of anilines is 1. The lowest BCUT2D eigenvalue weighted by atomic mass is 10.1. The topological polar surface area (TPSA) is 66.5 Å². The molecule has 3 aromatic rings. The van der Waals surface area contributed by atoms with Gasteiger partial charge in [0.2, 0.25) is 10.0 Å². The summed E-state index contributed by atoms with van der Waals surface area (Å²) in [5, 5.41) is 3.26. The minimum atomic E-state index is -3.67. The zero-order chi connectivity index (χ0) is 23.3. The fourth-order valence-corrected chi connectivity index (χ4v) is 4.70. The van der Waals surface area contributed by atoms with Crippen molar-refractivity contribution in [2.24, 2.45) is 0 Å². The predicted octanol–water partition coefficient (Wildman–Crippen LogP) is 5.07. The molecule has 0 unspecified atom stereocenters. The Kier molecular flexibility index (Phi) is 7.77. The average Bonchev–Trinajstić information content (AvgIpc) is 2.74. The van der Waals surface area contributed by atoms with E-state index in [4.69, 9.17) is 23.2 Å². The molecule has 0 saturated heterocycles. The molecule has 0 fully saturated rings. The van der Waals surface area contributed by atoms with Crippen LogP contribution in [0, 0.1) is 5.82 Å². The Balaban J connectivity index is 1.67. The van der Waals surface area contributed by atoms with Gasteiger partial charge in [-0.1, -0.05) is 53.5 Å². The van der Waals surface area contributed by atoms with Gasteiger partial charge >= 0.3 is 0 Å². The SMILES string of the molecule is CS(=O)(=O)N(Cc1ccc(C(=O)NCCc2ccc(F)cc2)cc1)c1c(Cl)cccc1Cl. The highest BCUT2D eigenvalue weighted by Crippen LogP contribution is 2.35. The molecule has 3 rings (SSSR count). The number of nitrogens with one attached hydrogen (secondary N) is 1. The van der Waals surface area contributed by atoms with Gasteiger partial charge in [-0.2, -0.15) is 0 Å². The van der Waals surface area contributed by atoms with Crippen molar-refractivity contribution in [3.8, 4) is 0 Å². The van der Waals surface area contributed by atoms with Gasteiger partial charge in [-0.05, 0) is 53.9 Å². The Labute approximate surface area is 196 Å². The molecule has 0 spiro atoms. The number of hydrogen-bond acceptors (Lipinski definition) is 3. The van der Waals surface area contributed by atoms with Crippen molar-refractivity contribution in [1.29, 1.82) is 0 Å². The first kappa shape index (κ1) is 24.0. The molecule has 0 bridgehead atoms. The van der Waals surface area contributed by atoms with Crippen molar-refractivity contribution >= 4 is 44.8 Å². The molecule has 0 heterocycles. The highest BCUT2D eigenvalue weighted by molar-refractivity contribution is 7.92. The lowest BCUT2D eigenvalue weighted by Gasteiger charge is -2.24. The highest BCUT2D eigenvalue weighted by Gasteiger charge is 2.23. The van der Waals surface area contributed by atoms with Gasteiger partial charge < -0.3 is 5.32 Å². The first-order valence-electron chi connectivity index (χ1n) is 9.68. The molecule has 0 radical (unpaired) electrons. The van der Waals surface area contributed by atoms with E-state index in [0.29, 0.717) is 24.1 Å². The maximum absolute atomic E-state index is 13.0. The number of hydrogen-bond donors (Lipinski definition) is 1. The van der Waals surface area contributed by atoms with E-state index in [9.17, 15) is 17.6 Å². The maximum atomic E-state index is 13.0. The van der Waals surface area contributed by atoms with Crippen LogP contribution in [-0.2, 0) is 23.0 Å². The van der Waals surface area contributed by atoms with Gasteiger partial charge in [-0.3, -0.25) is 9.10 Å². The van der Waals surface area contributed by atoms with Crippen molar-refractivity contribution in [2.75, 3.05) is 17.1 Å². The monoisotopic (exact) mass is 494 g/mol. The number of carbonyl (C=O) groups excluding carboxylic acids is 1. The van der Waals surface area contributed by atoms with Gasteiger partial charge in [0.05, 0.1) is 28.5 Å². The summed E-state index contributed by atoms with van der Waals surface area (Å²) in [6, 6.07) is 17.5. The van der Waals surface area contributed by atoms with Crippen LogP contribution in [0.1, 0.15) is 21.5 Å². The maximum Gasteiger partial charge on any atom is 0.251 e. The molecular formula is C23H21Cl2FN2O3S. The lowest BCUT2D eigenvalue weighted by molar-refractivity contribution is 0.0954. The van der Waals surface area contributed by atoms with E-state index in [0.717, 1.165) is 16.1 Å². The molecule has 168 valence electrons. The molecule has 5 nitrogen and oxygen atoms in total. The Hall–Kier alpha value is -2.61. The number of sulfonamides is 1. The smallest absolute Gasteiger partial charge is 0.251 e. The lowest BCUT2D eigenvalue weighted by Crippen LogP contribution is -2.30. The largest absolute Gasteiger partial charge is 0.352 e. The van der Waals surface area contributed by atoms with Crippen LogP contribution < -0.4 is 9.62 Å². The Morgan fingerprint density at radius 3 is 2.06 bits per heavy atom. The molecule has 3 aromatic carbocycles. The van der Waals surface area contributed by atoms with Crippen LogP contribution in [-0.4, -0.2) is 27.1 Å². The number of carbonyl (C=O) groups is 1. The molecule has 0 aromatic heterocycles. The molecule has 1 amide bonds. The van der Waals surface area contributed by atoms with Gasteiger partial charge in [0.15, 0.2) is 0 Å². The molecule has 0 atom stereocenters. The molecular weight excluding hydrogens is 474 g/mol. The second-order valence-corrected chi connectivity index (χ2v) is 9.89. The summed E-state index contributed by atoms with van der Waals surface area (Å²) in [5.41, 5.74) is 2.23. The zero-order valence-electron chi connectivity index (χ0n) is 17.2. The number of amides is 1. The summed E-state index contributed by atoms with van der Waals surface area (Å²) in [5.74, 6) is -0.558. The van der Waals surface area contributed by atoms with Crippen molar-refractivity contribution in [3.05, 3.63) is 99.3 Å². The van der Waals surface area contributed by atoms with Gasteiger partial charge in [0.25, 0.3) is 5.91 Å². The molecule has 1 N–H and O–H groups in total. The van der Waals surface area contributed by atoms with Crippen LogP contribution in [0.15, 0.2) is 66.7 Å². The van der Waals surface area contributed by atoms with E-state index in [-0.39, 0.29) is 34.0 Å². The molecule has 0 aliphatic rings. The molecule has 0 saturated carbocycles. The summed E-state index contributed by atoms with van der Waals surface area (Å²) < 4.78 is 38.9. The molecule has 0 aliphatic carbocycles. The van der Waals surface area contributed by atoms with Crippen LogP contribution in [0.25, 0.3) is 0 Å². The van der Waals surface area contributed by atoms with Gasteiger partial charge in [-0.15, -0.1) is 0 Å². The van der Waals surface area contributed by atoms with Crippen molar-refractivity contribution in [3.63, 3.8) is 0 Å². The fraction of sp³-hybridized carbons (Fsp3) is 0.174. The minimum Gasteiger partial charge on any atom is -0.352 e. The number of benzene rings is 3. The third-order valence-corrected chi connectivity index (χ3v) is 6.46. The minimum absolute atomic E-state index is 0.00868. The first-order valence-corrected chi connectivity index (χ1v) is 12.3. The number of para-hydroxylation sites is 1. The van der Waals surface area contributed by atoms with E-state index in [2.05, 4.69) is 5.32 Å². The highest BCUT2D eigenvalue weighted by atomic mass is 35.5. The summed E-state index contributed by atoms with van der Waals surface area (Å²) >= 11 is 12.4. The van der Waals surface area contributed by atoms with Crippen molar-refractivity contribution < 1.29 is 17.6 Å². The summed E-state index contributed by atoms with van der Waals surface area (Å²) in [6.07, 6.45) is 1.65. The van der Waals surface area contributed by atoms with Crippen LogP contribution in [0.5, 0.6) is 0 Å². The predicted molar refractivity (Wildman–Crippen MR) is 126 cm³/mol. The first-order chi connectivity index (χ1) is 15.1. The average molecular weight is 495 g/mol. The van der Waals surface area contributed by atoms with Crippen molar-refractivity contribution in [1.82, 2.24) is 5.32 Å². The Morgan fingerprint density at radius 2 is 1.50 bits per heavy atom. The Morgan fingerprint density at radius 1 is 0.938 bits per heavy atom. The van der Waals surface area contributed by atoms with E-state index in [1.165, 1.54) is 12.1 Å². The van der Waals surface area contributed by atoms with Crippen LogP contribution in [0.2, 0.25) is 10.0 Å². The van der Waals surface area contributed by atoms with Crippen LogP contribution >= 0.6 is 23.2 Å². The van der Waals surface area contributed by atoms with E-state index in [1.807, 2.05) is 0 Å². The van der Waals surface area contributed by atoms with Gasteiger partial charge in [0.1, 0.15) is 5.82 Å². The normalized spacial score (nSPS) is 11.2. The number of rotatable bonds is 8. The Bertz CT molecular complexity index is 1180. The quantitative estimate of drug-likeness (QED) is 0.475. The second kappa shape index (κ2) is 10.3. The van der Waals surface area contributed by atoms with E-state index >= 15 is 0 Å². The zero-order valence-corrected chi connectivity index (χ0v) is 19.5. The van der Waals surface area contributed by atoms with Crippen molar-refractivity contribution in [2.45, 2.75) is 13.0 Å². The van der Waals surface area contributed by atoms with Gasteiger partial charge in [-0.25, -0.2) is 12.8 Å². The third kappa shape index (κ3) is 6.22. The third-order valence-electron chi connectivity index (χ3n) is 4.74. The number of halogens is 3. The summed E-state index contributed by atoms with van der Waals surface area (Å²) in [4.78, 5) is 12.4. The number of nitrogens with zero attached hydrogens (tertiary/aromatic N) is 1. The van der Waals surface area contributed by atoms with Crippen LogP contribution in [0.4, 0.5) is 10.1 Å². The van der Waals surface area contributed by atoms with E-state index < -0.39 is 10.0 Å². The summed E-state index contributed by atoms with van der Waals surface area (Å²) in [7, 11) is -3.67. The van der Waals surface area contributed by atoms with Gasteiger partial charge in [0, 0.05) is 12.1 Å². The van der Waals surface area contributed by atoms with E-state index in [1.54, 1.807) is 54.6 Å².